The fraction of sp³-hybridized carbons (Fsp3) is 0. The van der Waals surface area contributed by atoms with Crippen LogP contribution in [0.5, 0.6) is 5.75 Å². The number of aromatic hydroxyl groups is 1. The molecule has 7 nitrogen and oxygen atoms in total. The van der Waals surface area contributed by atoms with Gasteiger partial charge in [-0.05, 0) is 12.1 Å². The van der Waals surface area contributed by atoms with Crippen LogP contribution in [0.15, 0.2) is 17.0 Å². The summed E-state index contributed by atoms with van der Waals surface area (Å²) in [5.74, 6) is -0.207. The van der Waals surface area contributed by atoms with Crippen molar-refractivity contribution < 1.29 is 18.1 Å². The Bertz CT molecular complexity index is 588. The van der Waals surface area contributed by atoms with Crippen molar-refractivity contribution in [1.82, 2.24) is 15.4 Å². The highest BCUT2D eigenvalue weighted by molar-refractivity contribution is 7.86. The minimum Gasteiger partial charge on any atom is -0.506 e. The number of nitrogens with zero attached hydrogens (tertiary/aromatic N) is 2. The minimum atomic E-state index is -4.34. The summed E-state index contributed by atoms with van der Waals surface area (Å²) in [5.41, 5.74) is -0.0207. The van der Waals surface area contributed by atoms with E-state index in [1.165, 1.54) is 0 Å². The zero-order chi connectivity index (χ0) is 10.3. The van der Waals surface area contributed by atoms with Crippen LogP contribution in [0.2, 0.25) is 0 Å². The van der Waals surface area contributed by atoms with Crippen molar-refractivity contribution in [3.8, 4) is 5.75 Å². The van der Waals surface area contributed by atoms with Gasteiger partial charge in [-0.2, -0.15) is 8.42 Å². The van der Waals surface area contributed by atoms with E-state index in [0.717, 1.165) is 12.1 Å². The second kappa shape index (κ2) is 2.66. The predicted molar refractivity (Wildman–Crippen MR) is 45.4 cm³/mol. The van der Waals surface area contributed by atoms with Crippen molar-refractivity contribution in [1.29, 1.82) is 0 Å². The number of hydrogen-bond acceptors (Lipinski definition) is 5. The number of aromatic nitrogens is 3. The monoisotopic (exact) mass is 215 g/mol. The SMILES string of the molecule is O=S(=O)(O)c1ccc(O)c2nn[nH]c12. The van der Waals surface area contributed by atoms with E-state index in [9.17, 15) is 13.5 Å². The van der Waals surface area contributed by atoms with Crippen molar-refractivity contribution in [2.45, 2.75) is 4.90 Å². The number of phenols is 1. The Morgan fingerprint density at radius 1 is 1.36 bits per heavy atom. The van der Waals surface area contributed by atoms with E-state index in [4.69, 9.17) is 4.55 Å². The first-order valence-corrected chi connectivity index (χ1v) is 4.94. The molecular weight excluding hydrogens is 210 g/mol. The Morgan fingerprint density at radius 3 is 2.71 bits per heavy atom. The van der Waals surface area contributed by atoms with Crippen LogP contribution < -0.4 is 0 Å². The molecule has 0 saturated heterocycles. The van der Waals surface area contributed by atoms with E-state index in [0.29, 0.717) is 0 Å². The minimum absolute atomic E-state index is 0.000116. The molecule has 3 N–H and O–H groups in total. The lowest BCUT2D eigenvalue weighted by molar-refractivity contribution is 0.478. The van der Waals surface area contributed by atoms with Crippen LogP contribution in [0, 0.1) is 0 Å². The fourth-order valence-corrected chi connectivity index (χ4v) is 1.75. The van der Waals surface area contributed by atoms with Gasteiger partial charge in [-0.1, -0.05) is 5.21 Å². The van der Waals surface area contributed by atoms with Crippen molar-refractivity contribution in [3.05, 3.63) is 12.1 Å². The summed E-state index contributed by atoms with van der Waals surface area (Å²) in [5, 5.41) is 18.3. The van der Waals surface area contributed by atoms with Gasteiger partial charge < -0.3 is 5.11 Å². The molecule has 0 amide bonds. The zero-order valence-electron chi connectivity index (χ0n) is 6.67. The van der Waals surface area contributed by atoms with Crippen molar-refractivity contribution in [3.63, 3.8) is 0 Å². The van der Waals surface area contributed by atoms with Gasteiger partial charge >= 0.3 is 0 Å². The molecule has 1 heterocycles. The molecule has 0 atom stereocenters. The number of phenolic OH excluding ortho intramolecular Hbond substituents is 1. The van der Waals surface area contributed by atoms with Crippen LogP contribution in [-0.2, 0) is 10.1 Å². The number of nitrogens with one attached hydrogen (secondary N) is 1. The second-order valence-corrected chi connectivity index (χ2v) is 3.98. The Morgan fingerprint density at radius 2 is 2.07 bits per heavy atom. The summed E-state index contributed by atoms with van der Waals surface area (Å²) >= 11 is 0. The number of H-pyrrole nitrogens is 1. The van der Waals surface area contributed by atoms with Gasteiger partial charge in [-0.3, -0.25) is 9.65 Å². The van der Waals surface area contributed by atoms with Gasteiger partial charge in [0.1, 0.15) is 16.2 Å². The first-order chi connectivity index (χ1) is 6.50. The average Bonchev–Trinajstić information content (AvgIpc) is 2.50. The highest BCUT2D eigenvalue weighted by Crippen LogP contribution is 2.26. The van der Waals surface area contributed by atoms with E-state index < -0.39 is 10.1 Å². The molecule has 0 aliphatic carbocycles. The molecule has 0 unspecified atom stereocenters. The fourth-order valence-electron chi connectivity index (χ4n) is 1.11. The summed E-state index contributed by atoms with van der Waals surface area (Å²) < 4.78 is 30.5. The topological polar surface area (TPSA) is 116 Å². The largest absolute Gasteiger partial charge is 0.506 e. The maximum atomic E-state index is 10.9. The van der Waals surface area contributed by atoms with Crippen LogP contribution >= 0.6 is 0 Å². The molecule has 0 saturated carbocycles. The highest BCUT2D eigenvalue weighted by atomic mass is 32.2. The molecule has 14 heavy (non-hydrogen) atoms. The normalized spacial score (nSPS) is 12.1. The highest BCUT2D eigenvalue weighted by Gasteiger charge is 2.17. The maximum Gasteiger partial charge on any atom is 0.296 e. The lowest BCUT2D eigenvalue weighted by atomic mass is 10.3. The van der Waals surface area contributed by atoms with Crippen LogP contribution in [0.25, 0.3) is 11.0 Å². The van der Waals surface area contributed by atoms with Crippen LogP contribution in [-0.4, -0.2) is 33.5 Å². The van der Waals surface area contributed by atoms with Crippen molar-refractivity contribution in [2.24, 2.45) is 0 Å². The standard InChI is InChI=1S/C6H5N3O4S/c10-3-1-2-4(14(11,12)13)6-5(3)7-9-8-6/h1-2,10H,(H,7,8,9)(H,11,12,13). The quantitative estimate of drug-likeness (QED) is 0.572. The molecule has 1 aromatic carbocycles. The van der Waals surface area contributed by atoms with E-state index in [2.05, 4.69) is 15.4 Å². The molecular formula is C6H5N3O4S. The molecule has 0 aliphatic rings. The van der Waals surface area contributed by atoms with Gasteiger partial charge in [-0.25, -0.2) is 0 Å². The molecule has 0 spiro atoms. The van der Waals surface area contributed by atoms with E-state index >= 15 is 0 Å². The van der Waals surface area contributed by atoms with Gasteiger partial charge in [0.15, 0.2) is 5.52 Å². The van der Waals surface area contributed by atoms with Crippen molar-refractivity contribution in [2.75, 3.05) is 0 Å². The van der Waals surface area contributed by atoms with Gasteiger partial charge in [0.05, 0.1) is 0 Å². The molecule has 0 bridgehead atoms. The molecule has 0 radical (unpaired) electrons. The van der Waals surface area contributed by atoms with Gasteiger partial charge in [0.25, 0.3) is 10.1 Å². The third kappa shape index (κ3) is 1.20. The third-order valence-electron chi connectivity index (χ3n) is 1.71. The number of fused-ring (bicyclic) bond motifs is 1. The number of hydrogen-bond donors (Lipinski definition) is 3. The van der Waals surface area contributed by atoms with E-state index in [1.54, 1.807) is 0 Å². The van der Waals surface area contributed by atoms with Crippen molar-refractivity contribution >= 4 is 21.2 Å². The first-order valence-electron chi connectivity index (χ1n) is 3.50. The van der Waals surface area contributed by atoms with Crippen LogP contribution in [0.1, 0.15) is 0 Å². The first kappa shape index (κ1) is 8.91. The number of aromatic amines is 1. The summed E-state index contributed by atoms with van der Waals surface area (Å²) in [7, 11) is -4.34. The summed E-state index contributed by atoms with van der Waals surface area (Å²) in [4.78, 5) is -0.365. The summed E-state index contributed by atoms with van der Waals surface area (Å²) in [6.07, 6.45) is 0. The van der Waals surface area contributed by atoms with Gasteiger partial charge in [-0.15, -0.1) is 5.10 Å². The Balaban J connectivity index is 2.93. The zero-order valence-corrected chi connectivity index (χ0v) is 7.48. The number of benzene rings is 1. The Hall–Kier alpha value is -1.67. The maximum absolute atomic E-state index is 10.9. The molecule has 0 aliphatic heterocycles. The smallest absolute Gasteiger partial charge is 0.296 e. The van der Waals surface area contributed by atoms with E-state index in [1.807, 2.05) is 0 Å². The second-order valence-electron chi connectivity index (χ2n) is 2.59. The van der Waals surface area contributed by atoms with Gasteiger partial charge in [0, 0.05) is 0 Å². The van der Waals surface area contributed by atoms with Crippen LogP contribution in [0.3, 0.4) is 0 Å². The third-order valence-corrected chi connectivity index (χ3v) is 2.60. The summed E-state index contributed by atoms with van der Waals surface area (Å²) in [6, 6.07) is 2.18. The lowest BCUT2D eigenvalue weighted by Gasteiger charge is -1.98. The molecule has 2 rings (SSSR count). The predicted octanol–water partition coefficient (Wildman–Crippen LogP) is -0.0898. The Labute approximate surface area is 78.1 Å². The number of rotatable bonds is 1. The van der Waals surface area contributed by atoms with Gasteiger partial charge in [0.2, 0.25) is 0 Å². The lowest BCUT2D eigenvalue weighted by Crippen LogP contribution is -1.98. The van der Waals surface area contributed by atoms with Crippen LogP contribution in [0.4, 0.5) is 0 Å². The molecule has 1 aromatic heterocycles. The molecule has 0 fully saturated rings. The summed E-state index contributed by atoms with van der Waals surface area (Å²) in [6.45, 7) is 0. The van der Waals surface area contributed by atoms with E-state index in [-0.39, 0.29) is 21.7 Å². The average molecular weight is 215 g/mol. The molecule has 74 valence electrons. The Kier molecular flexibility index (Phi) is 1.69. The molecule has 2 aromatic rings. The molecule has 8 heteroatoms.